The maximum absolute atomic E-state index is 11.9. The molecule has 100 valence electrons. The number of carbonyl (C=O) groups is 1. The Morgan fingerprint density at radius 1 is 1.28 bits per heavy atom. The highest BCUT2D eigenvalue weighted by Crippen LogP contribution is 2.21. The second-order valence-electron chi connectivity index (χ2n) is 3.50. The van der Waals surface area contributed by atoms with Crippen molar-refractivity contribution in [3.63, 3.8) is 0 Å². The van der Waals surface area contributed by atoms with Gasteiger partial charge in [0.05, 0.1) is 0 Å². The number of carbonyl (C=O) groups excluding carboxylic acids is 1. The molecule has 18 heavy (non-hydrogen) atoms. The standard InChI is InChI=1S/C11H13F3N2O2/c12-11(13,14)7-10(17)16-8-1-3-9(4-2-8)18-6-5-15/h1-4H,5-7,15H2,(H,16,17). The van der Waals surface area contributed by atoms with Crippen LogP contribution in [0.25, 0.3) is 0 Å². The molecule has 0 saturated carbocycles. The van der Waals surface area contributed by atoms with Crippen LogP contribution in [0.4, 0.5) is 18.9 Å². The third-order valence-electron chi connectivity index (χ3n) is 1.89. The first-order valence-corrected chi connectivity index (χ1v) is 5.20. The van der Waals surface area contributed by atoms with Gasteiger partial charge in [-0.25, -0.2) is 0 Å². The zero-order valence-electron chi connectivity index (χ0n) is 9.46. The SMILES string of the molecule is NCCOc1ccc(NC(=O)CC(F)(F)F)cc1. The van der Waals surface area contributed by atoms with Gasteiger partial charge in [-0.2, -0.15) is 13.2 Å². The molecule has 0 aliphatic rings. The molecule has 0 heterocycles. The van der Waals surface area contributed by atoms with E-state index in [2.05, 4.69) is 5.32 Å². The van der Waals surface area contributed by atoms with Gasteiger partial charge in [-0.1, -0.05) is 0 Å². The number of rotatable bonds is 5. The molecule has 1 rings (SSSR count). The van der Waals surface area contributed by atoms with Crippen molar-refractivity contribution >= 4 is 11.6 Å². The molecular weight excluding hydrogens is 249 g/mol. The lowest BCUT2D eigenvalue weighted by molar-refractivity contribution is -0.150. The normalized spacial score (nSPS) is 11.1. The molecule has 0 radical (unpaired) electrons. The number of hydrogen-bond donors (Lipinski definition) is 2. The molecule has 0 spiro atoms. The molecule has 3 N–H and O–H groups in total. The van der Waals surface area contributed by atoms with E-state index in [1.807, 2.05) is 0 Å². The van der Waals surface area contributed by atoms with Crippen LogP contribution in [0, 0.1) is 0 Å². The van der Waals surface area contributed by atoms with Gasteiger partial charge in [0.2, 0.25) is 5.91 Å². The fourth-order valence-corrected chi connectivity index (χ4v) is 1.20. The van der Waals surface area contributed by atoms with Crippen molar-refractivity contribution < 1.29 is 22.7 Å². The third-order valence-corrected chi connectivity index (χ3v) is 1.89. The molecule has 1 amide bonds. The van der Waals surface area contributed by atoms with Crippen LogP contribution in [0.2, 0.25) is 0 Å². The van der Waals surface area contributed by atoms with Crippen LogP contribution in [-0.2, 0) is 4.79 Å². The molecule has 0 saturated heterocycles. The van der Waals surface area contributed by atoms with Crippen LogP contribution in [0.3, 0.4) is 0 Å². The molecule has 4 nitrogen and oxygen atoms in total. The lowest BCUT2D eigenvalue weighted by atomic mass is 10.3. The molecule has 0 unspecified atom stereocenters. The highest BCUT2D eigenvalue weighted by molar-refractivity contribution is 5.91. The molecule has 0 aliphatic carbocycles. The number of hydrogen-bond acceptors (Lipinski definition) is 3. The molecule has 0 fully saturated rings. The van der Waals surface area contributed by atoms with Crippen molar-refractivity contribution in [2.75, 3.05) is 18.5 Å². The fraction of sp³-hybridized carbons (Fsp3) is 0.364. The zero-order chi connectivity index (χ0) is 13.6. The topological polar surface area (TPSA) is 64.3 Å². The lowest BCUT2D eigenvalue weighted by Gasteiger charge is -2.09. The van der Waals surface area contributed by atoms with E-state index in [9.17, 15) is 18.0 Å². The molecule has 0 aliphatic heterocycles. The first-order valence-electron chi connectivity index (χ1n) is 5.20. The number of nitrogens with two attached hydrogens (primary N) is 1. The van der Waals surface area contributed by atoms with Crippen molar-refractivity contribution in [1.29, 1.82) is 0 Å². The second kappa shape index (κ2) is 6.25. The van der Waals surface area contributed by atoms with E-state index in [0.717, 1.165) is 0 Å². The van der Waals surface area contributed by atoms with E-state index in [1.165, 1.54) is 12.1 Å². The van der Waals surface area contributed by atoms with Gasteiger partial charge in [0.15, 0.2) is 0 Å². The second-order valence-corrected chi connectivity index (χ2v) is 3.50. The van der Waals surface area contributed by atoms with Crippen LogP contribution in [0.5, 0.6) is 5.75 Å². The van der Waals surface area contributed by atoms with Gasteiger partial charge in [0.1, 0.15) is 18.8 Å². The van der Waals surface area contributed by atoms with Gasteiger partial charge in [-0.05, 0) is 24.3 Å². The number of benzene rings is 1. The van der Waals surface area contributed by atoms with Crippen LogP contribution < -0.4 is 15.8 Å². The molecule has 1 aromatic rings. The Morgan fingerprint density at radius 3 is 2.39 bits per heavy atom. The van der Waals surface area contributed by atoms with Crippen LogP contribution in [0.1, 0.15) is 6.42 Å². The van der Waals surface area contributed by atoms with Crippen molar-refractivity contribution in [3.8, 4) is 5.75 Å². The zero-order valence-corrected chi connectivity index (χ0v) is 9.46. The van der Waals surface area contributed by atoms with Crippen molar-refractivity contribution in [2.24, 2.45) is 5.73 Å². The van der Waals surface area contributed by atoms with E-state index in [-0.39, 0.29) is 5.69 Å². The largest absolute Gasteiger partial charge is 0.492 e. The molecule has 1 aromatic carbocycles. The Balaban J connectivity index is 2.50. The van der Waals surface area contributed by atoms with E-state index in [1.54, 1.807) is 12.1 Å². The van der Waals surface area contributed by atoms with E-state index in [4.69, 9.17) is 10.5 Å². The summed E-state index contributed by atoms with van der Waals surface area (Å²) in [5.41, 5.74) is 5.52. The predicted octanol–water partition coefficient (Wildman–Crippen LogP) is 1.91. The molecular formula is C11H13F3N2O2. The number of anilines is 1. The van der Waals surface area contributed by atoms with E-state index in [0.29, 0.717) is 18.9 Å². The lowest BCUT2D eigenvalue weighted by Crippen LogP contribution is -2.21. The summed E-state index contributed by atoms with van der Waals surface area (Å²) in [5.74, 6) is -0.563. The van der Waals surface area contributed by atoms with Gasteiger partial charge in [0.25, 0.3) is 0 Å². The molecule has 0 aromatic heterocycles. The molecule has 0 bridgehead atoms. The Kier molecular flexibility index (Phi) is 4.96. The average Bonchev–Trinajstić information content (AvgIpc) is 2.25. The Hall–Kier alpha value is -1.76. The quantitative estimate of drug-likeness (QED) is 0.852. The smallest absolute Gasteiger partial charge is 0.397 e. The van der Waals surface area contributed by atoms with Crippen LogP contribution >= 0.6 is 0 Å². The average molecular weight is 262 g/mol. The summed E-state index contributed by atoms with van der Waals surface area (Å²) >= 11 is 0. The predicted molar refractivity (Wildman–Crippen MR) is 60.3 cm³/mol. The van der Waals surface area contributed by atoms with Crippen LogP contribution in [-0.4, -0.2) is 25.2 Å². The maximum atomic E-state index is 11.9. The highest BCUT2D eigenvalue weighted by atomic mass is 19.4. The summed E-state index contributed by atoms with van der Waals surface area (Å²) in [5, 5.41) is 2.14. The number of amides is 1. The summed E-state index contributed by atoms with van der Waals surface area (Å²) in [6.07, 6.45) is -6.01. The Labute approximate surface area is 102 Å². The number of halogens is 3. The van der Waals surface area contributed by atoms with Crippen molar-refractivity contribution in [2.45, 2.75) is 12.6 Å². The number of ether oxygens (including phenoxy) is 1. The van der Waals surface area contributed by atoms with Gasteiger partial charge in [-0.3, -0.25) is 4.79 Å². The highest BCUT2D eigenvalue weighted by Gasteiger charge is 2.31. The van der Waals surface area contributed by atoms with Crippen molar-refractivity contribution in [3.05, 3.63) is 24.3 Å². The molecule has 0 atom stereocenters. The number of nitrogens with one attached hydrogen (secondary N) is 1. The van der Waals surface area contributed by atoms with E-state index < -0.39 is 18.5 Å². The summed E-state index contributed by atoms with van der Waals surface area (Å²) in [6.45, 7) is 0.712. The Morgan fingerprint density at radius 2 is 1.89 bits per heavy atom. The summed E-state index contributed by atoms with van der Waals surface area (Å²) in [4.78, 5) is 11.0. The summed E-state index contributed by atoms with van der Waals surface area (Å²) in [7, 11) is 0. The minimum absolute atomic E-state index is 0.282. The fourth-order valence-electron chi connectivity index (χ4n) is 1.20. The monoisotopic (exact) mass is 262 g/mol. The van der Waals surface area contributed by atoms with Gasteiger partial charge in [-0.15, -0.1) is 0 Å². The maximum Gasteiger partial charge on any atom is 0.397 e. The van der Waals surface area contributed by atoms with Crippen LogP contribution in [0.15, 0.2) is 24.3 Å². The summed E-state index contributed by atoms with van der Waals surface area (Å²) in [6, 6.07) is 6.00. The minimum atomic E-state index is -4.51. The Bertz CT molecular complexity index is 390. The first kappa shape index (κ1) is 14.3. The third kappa shape index (κ3) is 5.53. The van der Waals surface area contributed by atoms with E-state index >= 15 is 0 Å². The minimum Gasteiger partial charge on any atom is -0.492 e. The number of alkyl halides is 3. The summed E-state index contributed by atoms with van der Waals surface area (Å²) < 4.78 is 40.9. The first-order chi connectivity index (χ1) is 8.40. The van der Waals surface area contributed by atoms with Crippen molar-refractivity contribution in [1.82, 2.24) is 0 Å². The van der Waals surface area contributed by atoms with Gasteiger partial charge in [0, 0.05) is 12.2 Å². The van der Waals surface area contributed by atoms with Gasteiger partial charge >= 0.3 is 6.18 Å². The van der Waals surface area contributed by atoms with Gasteiger partial charge < -0.3 is 15.8 Å². The molecule has 7 heteroatoms.